The van der Waals surface area contributed by atoms with Gasteiger partial charge in [-0.15, -0.1) is 0 Å². The summed E-state index contributed by atoms with van der Waals surface area (Å²) in [6.45, 7) is 1.44. The van der Waals surface area contributed by atoms with E-state index in [0.29, 0.717) is 24.3 Å². The summed E-state index contributed by atoms with van der Waals surface area (Å²) in [7, 11) is -3.67. The van der Waals surface area contributed by atoms with Crippen molar-refractivity contribution in [3.8, 4) is 0 Å². The first kappa shape index (κ1) is 14.1. The first-order valence-electron chi connectivity index (χ1n) is 6.39. The van der Waals surface area contributed by atoms with Crippen LogP contribution in [-0.2, 0) is 10.2 Å². The number of piperazine rings is 1. The third-order valence-electron chi connectivity index (χ3n) is 3.49. The summed E-state index contributed by atoms with van der Waals surface area (Å²) in [6, 6.07) is 4.70. The number of benzene rings is 1. The van der Waals surface area contributed by atoms with Crippen LogP contribution in [-0.4, -0.2) is 48.9 Å². The van der Waals surface area contributed by atoms with Crippen LogP contribution in [0.25, 0.3) is 10.9 Å². The first-order chi connectivity index (χ1) is 9.97. The quantitative estimate of drug-likeness (QED) is 0.849. The molecular weight excluding hydrogens is 297 g/mol. The van der Waals surface area contributed by atoms with Crippen molar-refractivity contribution in [2.75, 3.05) is 31.1 Å². The minimum Gasteiger partial charge on any atom is -0.353 e. The summed E-state index contributed by atoms with van der Waals surface area (Å²) in [5, 5.41) is 5.72. The lowest BCUT2D eigenvalue weighted by Crippen LogP contribution is -2.51. The van der Waals surface area contributed by atoms with Crippen molar-refractivity contribution < 1.29 is 12.8 Å². The molecule has 0 spiro atoms. The summed E-state index contributed by atoms with van der Waals surface area (Å²) >= 11 is 0. The molecule has 2 aromatic rings. The Morgan fingerprint density at radius 1 is 1.14 bits per heavy atom. The van der Waals surface area contributed by atoms with E-state index < -0.39 is 16.0 Å². The lowest BCUT2D eigenvalue weighted by atomic mass is 10.2. The molecule has 1 saturated heterocycles. The largest absolute Gasteiger partial charge is 0.353 e. The Kier molecular flexibility index (Phi) is 3.47. The van der Waals surface area contributed by atoms with Crippen LogP contribution in [0, 0.1) is 5.82 Å². The predicted molar refractivity (Wildman–Crippen MR) is 76.4 cm³/mol. The molecule has 0 amide bonds. The molecule has 21 heavy (non-hydrogen) atoms. The van der Waals surface area contributed by atoms with Crippen molar-refractivity contribution in [3.05, 3.63) is 30.3 Å². The molecule has 1 aromatic carbocycles. The minimum atomic E-state index is -3.67. The topological polar surface area (TPSA) is 92.4 Å². The normalized spacial score (nSPS) is 17.3. The number of anilines is 1. The third-order valence-corrected chi connectivity index (χ3v) is 4.58. The maximum absolute atomic E-state index is 13.7. The van der Waals surface area contributed by atoms with Gasteiger partial charge in [0.2, 0.25) is 0 Å². The number of nitrogens with zero attached hydrogens (tertiary/aromatic N) is 4. The maximum Gasteiger partial charge on any atom is 0.277 e. The van der Waals surface area contributed by atoms with Crippen molar-refractivity contribution >= 4 is 26.9 Å². The highest BCUT2D eigenvalue weighted by Gasteiger charge is 2.25. The molecule has 1 aliphatic heterocycles. The number of aromatic nitrogens is 2. The minimum absolute atomic E-state index is 0.261. The Labute approximate surface area is 121 Å². The fourth-order valence-electron chi connectivity index (χ4n) is 2.44. The molecule has 7 nitrogen and oxygen atoms in total. The van der Waals surface area contributed by atoms with E-state index in [1.54, 1.807) is 12.1 Å². The number of fused-ring (bicyclic) bond motifs is 1. The summed E-state index contributed by atoms with van der Waals surface area (Å²) in [5.74, 6) is 0.202. The van der Waals surface area contributed by atoms with E-state index in [-0.39, 0.29) is 18.6 Å². The Morgan fingerprint density at radius 3 is 2.52 bits per heavy atom. The van der Waals surface area contributed by atoms with Crippen LogP contribution in [0.3, 0.4) is 0 Å². The lowest BCUT2D eigenvalue weighted by molar-refractivity contribution is 0.385. The number of hydrogen-bond donors (Lipinski definition) is 1. The van der Waals surface area contributed by atoms with Crippen LogP contribution < -0.4 is 10.0 Å². The van der Waals surface area contributed by atoms with Gasteiger partial charge in [-0.1, -0.05) is 6.07 Å². The monoisotopic (exact) mass is 311 g/mol. The molecule has 9 heteroatoms. The zero-order valence-electron chi connectivity index (χ0n) is 11.1. The molecule has 2 heterocycles. The fourth-order valence-corrected chi connectivity index (χ4v) is 3.12. The molecule has 3 rings (SSSR count). The van der Waals surface area contributed by atoms with Gasteiger partial charge in [0.25, 0.3) is 10.2 Å². The van der Waals surface area contributed by atoms with Crippen LogP contribution in [0.1, 0.15) is 0 Å². The van der Waals surface area contributed by atoms with E-state index in [9.17, 15) is 12.8 Å². The van der Waals surface area contributed by atoms with Gasteiger partial charge in [0.1, 0.15) is 23.5 Å². The van der Waals surface area contributed by atoms with Crippen LogP contribution in [0.4, 0.5) is 10.2 Å². The van der Waals surface area contributed by atoms with E-state index in [1.165, 1.54) is 16.7 Å². The lowest BCUT2D eigenvalue weighted by Gasteiger charge is -2.34. The van der Waals surface area contributed by atoms with Gasteiger partial charge in [0, 0.05) is 31.6 Å². The highest BCUT2D eigenvalue weighted by molar-refractivity contribution is 7.86. The summed E-state index contributed by atoms with van der Waals surface area (Å²) in [4.78, 5) is 10.1. The molecule has 0 atom stereocenters. The molecule has 2 N–H and O–H groups in total. The highest BCUT2D eigenvalue weighted by atomic mass is 32.2. The highest BCUT2D eigenvalue weighted by Crippen LogP contribution is 2.25. The Balaban J connectivity index is 1.91. The zero-order valence-corrected chi connectivity index (χ0v) is 11.9. The molecule has 0 unspecified atom stereocenters. The average molecular weight is 311 g/mol. The van der Waals surface area contributed by atoms with Crippen LogP contribution in [0.5, 0.6) is 0 Å². The van der Waals surface area contributed by atoms with Gasteiger partial charge in [0.15, 0.2) is 0 Å². The van der Waals surface area contributed by atoms with E-state index in [0.717, 1.165) is 0 Å². The molecule has 0 aliphatic carbocycles. The van der Waals surface area contributed by atoms with Crippen LogP contribution >= 0.6 is 0 Å². The average Bonchev–Trinajstić information content (AvgIpc) is 2.46. The van der Waals surface area contributed by atoms with E-state index in [2.05, 4.69) is 9.97 Å². The number of rotatable bonds is 2. The van der Waals surface area contributed by atoms with Gasteiger partial charge >= 0.3 is 0 Å². The van der Waals surface area contributed by atoms with E-state index in [4.69, 9.17) is 5.14 Å². The van der Waals surface area contributed by atoms with Gasteiger partial charge in [-0.3, -0.25) is 0 Å². The second-order valence-corrected chi connectivity index (χ2v) is 6.31. The van der Waals surface area contributed by atoms with Crippen molar-refractivity contribution in [2.24, 2.45) is 5.14 Å². The summed E-state index contributed by atoms with van der Waals surface area (Å²) < 4.78 is 37.5. The molecule has 0 radical (unpaired) electrons. The van der Waals surface area contributed by atoms with Gasteiger partial charge in [0.05, 0.1) is 0 Å². The first-order valence-corrected chi connectivity index (χ1v) is 7.89. The van der Waals surface area contributed by atoms with Crippen LogP contribution in [0.15, 0.2) is 24.5 Å². The van der Waals surface area contributed by atoms with E-state index >= 15 is 0 Å². The number of halogens is 1. The van der Waals surface area contributed by atoms with Crippen molar-refractivity contribution in [2.45, 2.75) is 0 Å². The van der Waals surface area contributed by atoms with Gasteiger partial charge in [-0.05, 0) is 12.1 Å². The third kappa shape index (κ3) is 2.67. The standard InChI is InChI=1S/C12H14FN5O2S/c13-10-3-1-2-9-11(10)15-8-16-12(9)17-4-6-18(7-5-17)21(14,19)20/h1-3,8H,4-7H2,(H2,14,19,20). The molecule has 0 saturated carbocycles. The molecule has 1 fully saturated rings. The number of hydrogen-bond acceptors (Lipinski definition) is 5. The molecule has 1 aromatic heterocycles. The zero-order chi connectivity index (χ0) is 15.0. The van der Waals surface area contributed by atoms with Crippen molar-refractivity contribution in [1.29, 1.82) is 0 Å². The second kappa shape index (κ2) is 5.17. The second-order valence-electron chi connectivity index (χ2n) is 4.76. The van der Waals surface area contributed by atoms with Crippen molar-refractivity contribution in [1.82, 2.24) is 14.3 Å². The maximum atomic E-state index is 13.7. The van der Waals surface area contributed by atoms with Crippen molar-refractivity contribution in [3.63, 3.8) is 0 Å². The molecule has 112 valence electrons. The van der Waals surface area contributed by atoms with Gasteiger partial charge < -0.3 is 4.90 Å². The van der Waals surface area contributed by atoms with E-state index in [1.807, 2.05) is 4.90 Å². The summed E-state index contributed by atoms with van der Waals surface area (Å²) in [5.41, 5.74) is 0.261. The van der Waals surface area contributed by atoms with Crippen LogP contribution in [0.2, 0.25) is 0 Å². The number of para-hydroxylation sites is 1. The Morgan fingerprint density at radius 2 is 1.86 bits per heavy atom. The molecule has 1 aliphatic rings. The van der Waals surface area contributed by atoms with Gasteiger partial charge in [-0.2, -0.15) is 12.7 Å². The predicted octanol–water partition coefficient (Wildman–Crippen LogP) is 0.0944. The summed E-state index contributed by atoms with van der Waals surface area (Å²) in [6.07, 6.45) is 1.31. The fraction of sp³-hybridized carbons (Fsp3) is 0.333. The SMILES string of the molecule is NS(=O)(=O)N1CCN(c2ncnc3c(F)cccc23)CC1. The Bertz CT molecular complexity index is 774. The number of nitrogens with two attached hydrogens (primary N) is 1. The Hall–Kier alpha value is -1.84. The van der Waals surface area contributed by atoms with Gasteiger partial charge in [-0.25, -0.2) is 19.5 Å². The molecule has 0 bridgehead atoms. The smallest absolute Gasteiger partial charge is 0.277 e. The molecular formula is C12H14FN5O2S.